The van der Waals surface area contributed by atoms with Gasteiger partial charge in [-0.1, -0.05) is 206 Å². The molecule has 278 valence electrons. The maximum Gasteiger partial charge on any atom is 0.303 e. The Hall–Kier alpha value is -0.650. The van der Waals surface area contributed by atoms with Crippen molar-refractivity contribution < 1.29 is 20.1 Å². The van der Waals surface area contributed by atoms with E-state index < -0.39 is 5.97 Å². The molecule has 0 radical (unpaired) electrons. The van der Waals surface area contributed by atoms with Gasteiger partial charge in [0.25, 0.3) is 0 Å². The fourth-order valence-corrected chi connectivity index (χ4v) is 6.33. The van der Waals surface area contributed by atoms with Crippen molar-refractivity contribution in [2.45, 2.75) is 226 Å². The summed E-state index contributed by atoms with van der Waals surface area (Å²) in [5.41, 5.74) is 0. The molecule has 46 heavy (non-hydrogen) atoms. The van der Waals surface area contributed by atoms with Crippen LogP contribution >= 0.6 is 0 Å². The van der Waals surface area contributed by atoms with Crippen LogP contribution in [-0.2, 0) is 4.79 Å². The van der Waals surface area contributed by atoms with Gasteiger partial charge >= 0.3 is 5.97 Å². The van der Waals surface area contributed by atoms with Gasteiger partial charge in [-0.3, -0.25) is 9.69 Å². The molecule has 0 fully saturated rings. The first kappa shape index (κ1) is 47.5. The van der Waals surface area contributed by atoms with E-state index in [0.29, 0.717) is 19.5 Å². The molecule has 0 aliphatic rings. The third-order valence-electron chi connectivity index (χ3n) is 9.40. The zero-order chi connectivity index (χ0) is 34.0. The van der Waals surface area contributed by atoms with Crippen molar-refractivity contribution in [1.82, 2.24) is 4.90 Å². The first-order chi connectivity index (χ1) is 22.6. The second kappa shape index (κ2) is 44.4. The highest BCUT2D eigenvalue weighted by Gasteiger charge is 2.03. The molecule has 0 aliphatic heterocycles. The van der Waals surface area contributed by atoms with Crippen LogP contribution in [-0.4, -0.2) is 59.0 Å². The molecule has 0 heterocycles. The second-order valence-corrected chi connectivity index (χ2v) is 14.0. The minimum atomic E-state index is -0.652. The number of hydrogen-bond acceptors (Lipinski definition) is 4. The van der Waals surface area contributed by atoms with Crippen molar-refractivity contribution in [2.75, 3.05) is 32.8 Å². The van der Waals surface area contributed by atoms with Crippen LogP contribution in [0, 0.1) is 0 Å². The maximum atomic E-state index is 10.4. The normalized spacial score (nSPS) is 11.2. The van der Waals surface area contributed by atoms with Crippen LogP contribution in [0.3, 0.4) is 0 Å². The number of aliphatic hydroxyl groups is 2. The van der Waals surface area contributed by atoms with Crippen LogP contribution in [0.5, 0.6) is 0 Å². The summed E-state index contributed by atoms with van der Waals surface area (Å²) in [4.78, 5) is 12.5. The number of rotatable bonds is 38. The number of unbranched alkanes of at least 4 members (excludes halogenated alkanes) is 30. The van der Waals surface area contributed by atoms with Gasteiger partial charge in [-0.2, -0.15) is 0 Å². The van der Waals surface area contributed by atoms with Crippen molar-refractivity contribution >= 4 is 5.97 Å². The molecule has 0 saturated heterocycles. The summed E-state index contributed by atoms with van der Waals surface area (Å²) in [6.07, 6.45) is 44.0. The number of hydrogen-bond donors (Lipinski definition) is 3. The number of carboxylic acids is 1. The highest BCUT2D eigenvalue weighted by atomic mass is 16.4. The van der Waals surface area contributed by atoms with Gasteiger partial charge < -0.3 is 15.3 Å². The van der Waals surface area contributed by atoms with E-state index in [1.807, 2.05) is 0 Å². The lowest BCUT2D eigenvalue weighted by atomic mass is 10.0. The molecule has 0 aliphatic carbocycles. The Morgan fingerprint density at radius 1 is 0.370 bits per heavy atom. The molecule has 0 unspecified atom stereocenters. The largest absolute Gasteiger partial charge is 0.481 e. The molecule has 0 aromatic heterocycles. The number of carbonyl (C=O) groups is 1. The van der Waals surface area contributed by atoms with E-state index in [2.05, 4.69) is 18.7 Å². The zero-order valence-electron chi connectivity index (χ0n) is 31.6. The topological polar surface area (TPSA) is 81.0 Å². The number of nitrogens with zero attached hydrogens (tertiary/aromatic N) is 1. The fourth-order valence-electron chi connectivity index (χ4n) is 6.33. The van der Waals surface area contributed by atoms with Gasteiger partial charge in [0.2, 0.25) is 0 Å². The van der Waals surface area contributed by atoms with Crippen LogP contribution in [0.1, 0.15) is 226 Å². The first-order valence-electron chi connectivity index (χ1n) is 20.8. The van der Waals surface area contributed by atoms with Gasteiger partial charge in [0.15, 0.2) is 0 Å². The van der Waals surface area contributed by atoms with E-state index in [4.69, 9.17) is 15.3 Å². The van der Waals surface area contributed by atoms with Crippen molar-refractivity contribution in [1.29, 1.82) is 0 Å². The van der Waals surface area contributed by atoms with E-state index >= 15 is 0 Å². The Bertz CT molecular complexity index is 539. The Kier molecular flexibility index (Phi) is 45.8. The molecule has 0 bridgehead atoms. The minimum Gasteiger partial charge on any atom is -0.481 e. The molecule has 5 heteroatoms. The summed E-state index contributed by atoms with van der Waals surface area (Å²) >= 11 is 0. The van der Waals surface area contributed by atoms with E-state index in [-0.39, 0.29) is 13.2 Å². The van der Waals surface area contributed by atoms with Crippen LogP contribution in [0.15, 0.2) is 0 Å². The molecule has 0 atom stereocenters. The standard InChI is InChI=1S/C21H45NO2.C20H40O2/c1-2-3-4-5-6-7-8-9-10-11-12-13-14-15-16-17-22(18-20-23)19-21-24;1-2-3-4-5-6-7-8-9-10-11-12-13-14-15-16-17-18-19-20(21)22/h23-24H,2-21H2,1H3;2-19H2,1H3,(H,21,22). The minimum absolute atomic E-state index is 0.193. The Balaban J connectivity index is 0. The van der Waals surface area contributed by atoms with Gasteiger partial charge in [0.05, 0.1) is 13.2 Å². The smallest absolute Gasteiger partial charge is 0.303 e. The molecule has 3 N–H and O–H groups in total. The average molecular weight is 656 g/mol. The highest BCUT2D eigenvalue weighted by molar-refractivity contribution is 5.66. The molecule has 5 nitrogen and oxygen atoms in total. The van der Waals surface area contributed by atoms with Crippen LogP contribution in [0.4, 0.5) is 0 Å². The van der Waals surface area contributed by atoms with Crippen molar-refractivity contribution in [3.8, 4) is 0 Å². The number of aliphatic carboxylic acids is 1. The van der Waals surface area contributed by atoms with Crippen molar-refractivity contribution in [2.24, 2.45) is 0 Å². The molecule has 0 saturated carbocycles. The molecule has 0 rings (SSSR count). The number of aliphatic hydroxyl groups excluding tert-OH is 2. The second-order valence-electron chi connectivity index (χ2n) is 14.0. The summed E-state index contributed by atoms with van der Waals surface area (Å²) < 4.78 is 0. The highest BCUT2D eigenvalue weighted by Crippen LogP contribution is 2.15. The first-order valence-corrected chi connectivity index (χ1v) is 20.8. The molecule has 0 aromatic rings. The fraction of sp³-hybridized carbons (Fsp3) is 0.976. The Morgan fingerprint density at radius 3 is 0.848 bits per heavy atom. The lowest BCUT2D eigenvalue weighted by Gasteiger charge is -2.19. The summed E-state index contributed by atoms with van der Waals surface area (Å²) in [5, 5.41) is 26.5. The van der Waals surface area contributed by atoms with Crippen molar-refractivity contribution in [3.05, 3.63) is 0 Å². The Labute approximate surface area is 289 Å². The van der Waals surface area contributed by atoms with Crippen LogP contribution in [0.2, 0.25) is 0 Å². The quantitative estimate of drug-likeness (QED) is 0.0577. The van der Waals surface area contributed by atoms with Crippen LogP contribution < -0.4 is 0 Å². The lowest BCUT2D eigenvalue weighted by molar-refractivity contribution is -0.137. The van der Waals surface area contributed by atoms with Gasteiger partial charge in [0, 0.05) is 19.5 Å². The van der Waals surface area contributed by atoms with Gasteiger partial charge in [-0.25, -0.2) is 0 Å². The van der Waals surface area contributed by atoms with Gasteiger partial charge in [0.1, 0.15) is 0 Å². The SMILES string of the molecule is CCCCCCCCCCCCCCCCCCCC(=O)O.CCCCCCCCCCCCCCCCCN(CCO)CCO. The summed E-state index contributed by atoms with van der Waals surface area (Å²) in [6.45, 7) is 7.35. The Morgan fingerprint density at radius 2 is 0.609 bits per heavy atom. The predicted molar refractivity (Wildman–Crippen MR) is 202 cm³/mol. The van der Waals surface area contributed by atoms with E-state index in [9.17, 15) is 4.79 Å². The molecule has 0 amide bonds. The molecule has 0 aromatic carbocycles. The average Bonchev–Trinajstić information content (AvgIpc) is 3.04. The molecular weight excluding hydrogens is 570 g/mol. The molecular formula is C41H85NO4. The van der Waals surface area contributed by atoms with E-state index in [1.165, 1.54) is 193 Å². The molecule has 0 spiro atoms. The van der Waals surface area contributed by atoms with Gasteiger partial charge in [-0.15, -0.1) is 0 Å². The number of carboxylic acid groups (broad SMARTS) is 1. The maximum absolute atomic E-state index is 10.4. The van der Waals surface area contributed by atoms with E-state index in [1.54, 1.807) is 0 Å². The summed E-state index contributed by atoms with van der Waals surface area (Å²) in [7, 11) is 0. The summed E-state index contributed by atoms with van der Waals surface area (Å²) in [6, 6.07) is 0. The summed E-state index contributed by atoms with van der Waals surface area (Å²) in [5.74, 6) is -0.652. The van der Waals surface area contributed by atoms with E-state index in [0.717, 1.165) is 19.4 Å². The third kappa shape index (κ3) is 45.5. The predicted octanol–water partition coefficient (Wildman–Crippen LogP) is 12.3. The van der Waals surface area contributed by atoms with Crippen molar-refractivity contribution in [3.63, 3.8) is 0 Å². The zero-order valence-corrected chi connectivity index (χ0v) is 31.6. The van der Waals surface area contributed by atoms with Gasteiger partial charge in [-0.05, 0) is 19.4 Å². The lowest BCUT2D eigenvalue weighted by Crippen LogP contribution is -2.30. The monoisotopic (exact) mass is 656 g/mol. The third-order valence-corrected chi connectivity index (χ3v) is 9.40. The van der Waals surface area contributed by atoms with Crippen LogP contribution in [0.25, 0.3) is 0 Å².